The average molecular weight is 423 g/mol. The van der Waals surface area contributed by atoms with Gasteiger partial charge in [0, 0.05) is 31.3 Å². The van der Waals surface area contributed by atoms with Crippen LogP contribution >= 0.6 is 0 Å². The van der Waals surface area contributed by atoms with E-state index < -0.39 is 12.4 Å². The molecule has 0 aromatic heterocycles. The molecule has 1 saturated heterocycles. The second-order valence-corrected chi connectivity index (χ2v) is 7.08. The summed E-state index contributed by atoms with van der Waals surface area (Å²) in [6.07, 6.45) is -4.39. The van der Waals surface area contributed by atoms with Gasteiger partial charge in [-0.3, -0.25) is 4.90 Å². The van der Waals surface area contributed by atoms with Gasteiger partial charge in [-0.05, 0) is 23.8 Å². The van der Waals surface area contributed by atoms with Crippen LogP contribution in [0.15, 0.2) is 36.4 Å². The molecular formula is C21H23F2NO6. The van der Waals surface area contributed by atoms with E-state index >= 15 is 0 Å². The Morgan fingerprint density at radius 1 is 1.13 bits per heavy atom. The highest BCUT2D eigenvalue weighted by molar-refractivity contribution is 5.76. The third-order valence-electron chi connectivity index (χ3n) is 4.87. The molecule has 7 nitrogen and oxygen atoms in total. The van der Waals surface area contributed by atoms with E-state index in [9.17, 15) is 13.9 Å². The van der Waals surface area contributed by atoms with Crippen LogP contribution in [0.3, 0.4) is 0 Å². The number of nitrogens with zero attached hydrogens (tertiary/aromatic N) is 1. The lowest BCUT2D eigenvalue weighted by Gasteiger charge is -2.28. The molecule has 0 radical (unpaired) electrons. The minimum Gasteiger partial charge on any atom is -0.497 e. The number of rotatable bonds is 7. The smallest absolute Gasteiger partial charge is 0.497 e. The predicted octanol–water partition coefficient (Wildman–Crippen LogP) is 2.76. The van der Waals surface area contributed by atoms with Crippen molar-refractivity contribution < 1.29 is 37.6 Å². The molecule has 2 heterocycles. The first-order valence-corrected chi connectivity index (χ1v) is 9.63. The molecule has 1 atom stereocenters. The molecule has 162 valence electrons. The standard InChI is InChI=1S/C21H23F2NO6/c1-26-16-9-14(18-3-2-4-19-20(18)30-21(22,23)29-19)10-17(11-16)28-13-15(25)12-24-5-7-27-8-6-24/h2-4,9-11,15,25H,5-8,12-13H2,1H3. The fraction of sp³-hybridized carbons (Fsp3) is 0.429. The van der Waals surface area contributed by atoms with E-state index in [2.05, 4.69) is 14.4 Å². The molecule has 4 rings (SSSR count). The molecule has 0 amide bonds. The Labute approximate surface area is 172 Å². The number of para-hydroxylation sites is 1. The molecule has 1 unspecified atom stereocenters. The van der Waals surface area contributed by atoms with Gasteiger partial charge in [-0.2, -0.15) is 0 Å². The van der Waals surface area contributed by atoms with Crippen molar-refractivity contribution in [2.45, 2.75) is 12.4 Å². The Morgan fingerprint density at radius 2 is 1.90 bits per heavy atom. The normalized spacial score (nSPS) is 18.8. The first kappa shape index (κ1) is 20.6. The summed E-state index contributed by atoms with van der Waals surface area (Å²) < 4.78 is 52.7. The second-order valence-electron chi connectivity index (χ2n) is 7.08. The van der Waals surface area contributed by atoms with Crippen LogP contribution in [0.25, 0.3) is 11.1 Å². The molecule has 0 bridgehead atoms. The quantitative estimate of drug-likeness (QED) is 0.735. The van der Waals surface area contributed by atoms with Crippen molar-refractivity contribution in [1.82, 2.24) is 4.90 Å². The summed E-state index contributed by atoms with van der Waals surface area (Å²) in [5.74, 6) is 0.833. The van der Waals surface area contributed by atoms with Gasteiger partial charge < -0.3 is 28.8 Å². The summed E-state index contributed by atoms with van der Waals surface area (Å²) in [5, 5.41) is 10.3. The van der Waals surface area contributed by atoms with Crippen LogP contribution in [0.2, 0.25) is 0 Å². The largest absolute Gasteiger partial charge is 0.586 e. The van der Waals surface area contributed by atoms with Gasteiger partial charge in [-0.15, -0.1) is 8.78 Å². The maximum absolute atomic E-state index is 13.5. The average Bonchev–Trinajstić information content (AvgIpc) is 3.06. The molecular weight excluding hydrogens is 400 g/mol. The van der Waals surface area contributed by atoms with Gasteiger partial charge in [0.05, 0.1) is 20.3 Å². The zero-order chi connectivity index (χ0) is 21.1. The Balaban J connectivity index is 1.50. The molecule has 2 aliphatic heterocycles. The van der Waals surface area contributed by atoms with E-state index in [1.54, 1.807) is 30.3 Å². The number of fused-ring (bicyclic) bond motifs is 1. The summed E-state index contributed by atoms with van der Waals surface area (Å²) in [6.45, 7) is 3.40. The number of aliphatic hydroxyl groups is 1. The summed E-state index contributed by atoms with van der Waals surface area (Å²) in [5.41, 5.74) is 0.979. The molecule has 1 N–H and O–H groups in total. The number of methoxy groups -OCH3 is 1. The molecule has 9 heteroatoms. The highest BCUT2D eigenvalue weighted by atomic mass is 19.3. The number of β-amino-alcohol motifs (C(OH)–C–C–N with tert-alkyl or cyclic N) is 1. The number of halogens is 2. The topological polar surface area (TPSA) is 69.6 Å². The molecule has 1 fully saturated rings. The lowest BCUT2D eigenvalue weighted by atomic mass is 10.0. The molecule has 2 aliphatic rings. The van der Waals surface area contributed by atoms with Crippen LogP contribution in [-0.4, -0.2) is 69.0 Å². The van der Waals surface area contributed by atoms with Crippen molar-refractivity contribution in [3.63, 3.8) is 0 Å². The maximum Gasteiger partial charge on any atom is 0.586 e. The summed E-state index contributed by atoms with van der Waals surface area (Å²) in [4.78, 5) is 2.11. The van der Waals surface area contributed by atoms with Crippen LogP contribution in [0, 0.1) is 0 Å². The van der Waals surface area contributed by atoms with Crippen LogP contribution in [-0.2, 0) is 4.74 Å². The number of hydrogen-bond donors (Lipinski definition) is 1. The van der Waals surface area contributed by atoms with E-state index in [0.717, 1.165) is 13.1 Å². The number of aliphatic hydroxyl groups excluding tert-OH is 1. The Hall–Kier alpha value is -2.62. The minimum atomic E-state index is -3.71. The third-order valence-corrected chi connectivity index (χ3v) is 4.87. The van der Waals surface area contributed by atoms with Crippen molar-refractivity contribution in [3.05, 3.63) is 36.4 Å². The monoisotopic (exact) mass is 423 g/mol. The van der Waals surface area contributed by atoms with E-state index in [1.807, 2.05) is 0 Å². The van der Waals surface area contributed by atoms with Crippen molar-refractivity contribution in [1.29, 1.82) is 0 Å². The van der Waals surface area contributed by atoms with Crippen LogP contribution < -0.4 is 18.9 Å². The van der Waals surface area contributed by atoms with Crippen LogP contribution in [0.4, 0.5) is 8.78 Å². The number of benzene rings is 2. The predicted molar refractivity (Wildman–Crippen MR) is 103 cm³/mol. The minimum absolute atomic E-state index is 0.0382. The number of morpholine rings is 1. The van der Waals surface area contributed by atoms with Crippen LogP contribution in [0.1, 0.15) is 0 Å². The van der Waals surface area contributed by atoms with Crippen molar-refractivity contribution >= 4 is 0 Å². The molecule has 0 saturated carbocycles. The van der Waals surface area contributed by atoms with E-state index in [0.29, 0.717) is 42.4 Å². The third kappa shape index (κ3) is 4.75. The van der Waals surface area contributed by atoms with Gasteiger partial charge in [-0.1, -0.05) is 12.1 Å². The van der Waals surface area contributed by atoms with Crippen molar-refractivity contribution in [2.75, 3.05) is 46.6 Å². The van der Waals surface area contributed by atoms with E-state index in [-0.39, 0.29) is 18.1 Å². The van der Waals surface area contributed by atoms with Crippen molar-refractivity contribution in [3.8, 4) is 34.1 Å². The van der Waals surface area contributed by atoms with Gasteiger partial charge >= 0.3 is 6.29 Å². The SMILES string of the molecule is COc1cc(OCC(O)CN2CCOCC2)cc(-c2cccc3c2OC(F)(F)O3)c1. The molecule has 2 aromatic carbocycles. The number of hydrogen-bond acceptors (Lipinski definition) is 7. The zero-order valence-corrected chi connectivity index (χ0v) is 16.5. The highest BCUT2D eigenvalue weighted by Gasteiger charge is 2.44. The fourth-order valence-corrected chi connectivity index (χ4v) is 3.45. The zero-order valence-electron chi connectivity index (χ0n) is 16.5. The Kier molecular flexibility index (Phi) is 5.94. The molecule has 30 heavy (non-hydrogen) atoms. The lowest BCUT2D eigenvalue weighted by molar-refractivity contribution is -0.286. The number of ether oxygens (including phenoxy) is 5. The summed E-state index contributed by atoms with van der Waals surface area (Å²) in [7, 11) is 1.50. The fourth-order valence-electron chi connectivity index (χ4n) is 3.45. The van der Waals surface area contributed by atoms with Crippen LogP contribution in [0.5, 0.6) is 23.0 Å². The van der Waals surface area contributed by atoms with E-state index in [1.165, 1.54) is 13.2 Å². The Morgan fingerprint density at radius 3 is 2.67 bits per heavy atom. The summed E-state index contributed by atoms with van der Waals surface area (Å²) >= 11 is 0. The highest BCUT2D eigenvalue weighted by Crippen LogP contribution is 2.47. The van der Waals surface area contributed by atoms with Gasteiger partial charge in [-0.25, -0.2) is 0 Å². The molecule has 0 aliphatic carbocycles. The van der Waals surface area contributed by atoms with Gasteiger partial charge in [0.15, 0.2) is 11.5 Å². The summed E-state index contributed by atoms with van der Waals surface area (Å²) in [6, 6.07) is 9.70. The first-order chi connectivity index (χ1) is 14.4. The van der Waals surface area contributed by atoms with Crippen molar-refractivity contribution in [2.24, 2.45) is 0 Å². The molecule has 2 aromatic rings. The van der Waals surface area contributed by atoms with Gasteiger partial charge in [0.25, 0.3) is 0 Å². The van der Waals surface area contributed by atoms with E-state index in [4.69, 9.17) is 14.2 Å². The number of alkyl halides is 2. The maximum atomic E-state index is 13.5. The molecule has 0 spiro atoms. The van der Waals surface area contributed by atoms with Gasteiger partial charge in [0.2, 0.25) is 0 Å². The first-order valence-electron chi connectivity index (χ1n) is 9.63. The Bertz CT molecular complexity index is 888. The lowest BCUT2D eigenvalue weighted by Crippen LogP contribution is -2.42. The van der Waals surface area contributed by atoms with Gasteiger partial charge in [0.1, 0.15) is 24.2 Å². The second kappa shape index (κ2) is 8.63.